The summed E-state index contributed by atoms with van der Waals surface area (Å²) in [6, 6.07) is 2.20. The van der Waals surface area contributed by atoms with Gasteiger partial charge in [0.25, 0.3) is 0 Å². The van der Waals surface area contributed by atoms with Gasteiger partial charge in [-0.3, -0.25) is 4.98 Å². The van der Waals surface area contributed by atoms with Gasteiger partial charge in [-0.15, -0.1) is 11.3 Å². The van der Waals surface area contributed by atoms with Crippen molar-refractivity contribution < 1.29 is 27.8 Å². The van der Waals surface area contributed by atoms with Crippen molar-refractivity contribution in [3.05, 3.63) is 44.9 Å². The zero-order valence-electron chi connectivity index (χ0n) is 10.1. The van der Waals surface area contributed by atoms with E-state index in [0.717, 1.165) is 17.4 Å². The standard InChI is InChI=1S/C12H7ClF3NO3S/c13-7-3-6(12(14,15)16)4-17-8(7)5-20-9-1-2-21-10(9)11(18)19/h1-4H,5H2,(H,18,19). The molecule has 4 nitrogen and oxygen atoms in total. The third-order valence-corrected chi connectivity index (χ3v) is 3.64. The molecule has 2 aromatic heterocycles. The summed E-state index contributed by atoms with van der Waals surface area (Å²) in [5, 5.41) is 10.2. The number of aromatic nitrogens is 1. The van der Waals surface area contributed by atoms with E-state index in [9.17, 15) is 18.0 Å². The number of carbonyl (C=O) groups is 1. The van der Waals surface area contributed by atoms with Gasteiger partial charge in [-0.05, 0) is 17.5 Å². The summed E-state index contributed by atoms with van der Waals surface area (Å²) in [4.78, 5) is 14.5. The fourth-order valence-electron chi connectivity index (χ4n) is 1.44. The van der Waals surface area contributed by atoms with Gasteiger partial charge in [0.05, 0.1) is 16.3 Å². The van der Waals surface area contributed by atoms with Crippen LogP contribution in [0.2, 0.25) is 5.02 Å². The van der Waals surface area contributed by atoms with E-state index in [4.69, 9.17) is 21.4 Å². The van der Waals surface area contributed by atoms with Crippen molar-refractivity contribution in [3.63, 3.8) is 0 Å². The fourth-order valence-corrected chi connectivity index (χ4v) is 2.33. The molecule has 0 radical (unpaired) electrons. The number of halogens is 4. The van der Waals surface area contributed by atoms with Crippen molar-refractivity contribution in [1.82, 2.24) is 4.98 Å². The lowest BCUT2D eigenvalue weighted by Gasteiger charge is -2.10. The van der Waals surface area contributed by atoms with Crippen LogP contribution < -0.4 is 4.74 Å². The van der Waals surface area contributed by atoms with Gasteiger partial charge in [0.15, 0.2) is 4.88 Å². The van der Waals surface area contributed by atoms with Crippen molar-refractivity contribution in [3.8, 4) is 5.75 Å². The quantitative estimate of drug-likeness (QED) is 0.912. The molecule has 112 valence electrons. The van der Waals surface area contributed by atoms with Gasteiger partial charge in [-0.1, -0.05) is 11.6 Å². The number of hydrogen-bond acceptors (Lipinski definition) is 4. The molecular formula is C12H7ClF3NO3S. The van der Waals surface area contributed by atoms with Crippen LogP contribution in [0.1, 0.15) is 20.9 Å². The van der Waals surface area contributed by atoms with Crippen LogP contribution in [0, 0.1) is 0 Å². The molecule has 0 spiro atoms. The number of carboxylic acid groups (broad SMARTS) is 1. The predicted molar refractivity (Wildman–Crippen MR) is 69.9 cm³/mol. The highest BCUT2D eigenvalue weighted by Crippen LogP contribution is 2.31. The average molecular weight is 338 g/mol. The molecule has 2 heterocycles. The van der Waals surface area contributed by atoms with E-state index in [0.29, 0.717) is 6.20 Å². The number of carboxylic acids is 1. The molecular weight excluding hydrogens is 331 g/mol. The summed E-state index contributed by atoms with van der Waals surface area (Å²) < 4.78 is 42.6. The number of hydrogen-bond donors (Lipinski definition) is 1. The number of thiophene rings is 1. The minimum absolute atomic E-state index is 0.00182. The van der Waals surface area contributed by atoms with E-state index in [2.05, 4.69) is 4.98 Å². The maximum absolute atomic E-state index is 12.5. The monoisotopic (exact) mass is 337 g/mol. The zero-order valence-corrected chi connectivity index (χ0v) is 11.7. The highest BCUT2D eigenvalue weighted by atomic mass is 35.5. The van der Waals surface area contributed by atoms with Crippen LogP contribution in [-0.2, 0) is 12.8 Å². The fraction of sp³-hybridized carbons (Fsp3) is 0.167. The topological polar surface area (TPSA) is 59.4 Å². The number of ether oxygens (including phenoxy) is 1. The van der Waals surface area contributed by atoms with E-state index in [-0.39, 0.29) is 28.0 Å². The zero-order chi connectivity index (χ0) is 15.6. The summed E-state index contributed by atoms with van der Waals surface area (Å²) in [5.41, 5.74) is -0.870. The lowest BCUT2D eigenvalue weighted by molar-refractivity contribution is -0.137. The smallest absolute Gasteiger partial charge is 0.417 e. The van der Waals surface area contributed by atoms with Crippen molar-refractivity contribution in [2.24, 2.45) is 0 Å². The van der Waals surface area contributed by atoms with Gasteiger partial charge in [0.1, 0.15) is 12.4 Å². The van der Waals surface area contributed by atoms with Gasteiger partial charge < -0.3 is 9.84 Å². The molecule has 9 heteroatoms. The summed E-state index contributed by atoms with van der Waals surface area (Å²) in [6.07, 6.45) is -3.88. The van der Waals surface area contributed by atoms with Crippen LogP contribution in [0.5, 0.6) is 5.75 Å². The van der Waals surface area contributed by atoms with Crippen molar-refractivity contribution >= 4 is 28.9 Å². The normalized spacial score (nSPS) is 11.4. The number of aromatic carboxylic acids is 1. The second-order valence-corrected chi connectivity index (χ2v) is 5.18. The van der Waals surface area contributed by atoms with E-state index < -0.39 is 17.7 Å². The lowest BCUT2D eigenvalue weighted by Crippen LogP contribution is -2.08. The Balaban J connectivity index is 2.14. The summed E-state index contributed by atoms with van der Waals surface area (Å²) in [7, 11) is 0. The SMILES string of the molecule is O=C(O)c1sccc1OCc1ncc(C(F)(F)F)cc1Cl. The molecule has 0 fully saturated rings. The molecule has 2 rings (SSSR count). The van der Waals surface area contributed by atoms with Gasteiger partial charge in [-0.25, -0.2) is 4.79 Å². The van der Waals surface area contributed by atoms with E-state index in [1.54, 1.807) is 0 Å². The molecule has 0 bridgehead atoms. The first-order chi connectivity index (χ1) is 9.79. The Morgan fingerprint density at radius 2 is 2.19 bits per heavy atom. The predicted octanol–water partition coefficient (Wildman–Crippen LogP) is 4.09. The van der Waals surface area contributed by atoms with Crippen LogP contribution in [0.25, 0.3) is 0 Å². The molecule has 21 heavy (non-hydrogen) atoms. The van der Waals surface area contributed by atoms with E-state index >= 15 is 0 Å². The van der Waals surface area contributed by atoms with Gasteiger partial charge in [-0.2, -0.15) is 13.2 Å². The molecule has 0 saturated heterocycles. The Labute approximate surface area is 125 Å². The Bertz CT molecular complexity index is 672. The molecule has 0 aliphatic carbocycles. The number of pyridine rings is 1. The summed E-state index contributed by atoms with van der Waals surface area (Å²) >= 11 is 6.70. The van der Waals surface area contributed by atoms with Gasteiger partial charge >= 0.3 is 12.1 Å². The Morgan fingerprint density at radius 3 is 2.76 bits per heavy atom. The number of alkyl halides is 3. The van der Waals surface area contributed by atoms with Gasteiger partial charge in [0.2, 0.25) is 0 Å². The lowest BCUT2D eigenvalue weighted by atomic mass is 10.2. The first-order valence-electron chi connectivity index (χ1n) is 5.44. The van der Waals surface area contributed by atoms with Crippen LogP contribution >= 0.6 is 22.9 Å². The molecule has 0 saturated carbocycles. The molecule has 2 aromatic rings. The van der Waals surface area contributed by atoms with Crippen LogP contribution in [-0.4, -0.2) is 16.1 Å². The van der Waals surface area contributed by atoms with E-state index in [1.165, 1.54) is 11.4 Å². The minimum Gasteiger partial charge on any atom is -0.485 e. The first-order valence-corrected chi connectivity index (χ1v) is 6.70. The molecule has 0 aromatic carbocycles. The maximum Gasteiger partial charge on any atom is 0.417 e. The summed E-state index contributed by atoms with van der Waals surface area (Å²) in [5.74, 6) is -1.03. The molecule has 0 aliphatic heterocycles. The van der Waals surface area contributed by atoms with Crippen LogP contribution in [0.4, 0.5) is 13.2 Å². The number of rotatable bonds is 4. The first kappa shape index (κ1) is 15.6. The average Bonchev–Trinajstić information content (AvgIpc) is 2.84. The molecule has 0 amide bonds. The van der Waals surface area contributed by atoms with Crippen molar-refractivity contribution in [2.45, 2.75) is 12.8 Å². The molecule has 0 atom stereocenters. The molecule has 1 N–H and O–H groups in total. The van der Waals surface area contributed by atoms with Crippen LogP contribution in [0.3, 0.4) is 0 Å². The Kier molecular flexibility index (Phi) is 4.38. The molecule has 0 unspecified atom stereocenters. The van der Waals surface area contributed by atoms with Gasteiger partial charge in [0, 0.05) is 6.20 Å². The molecule has 0 aliphatic rings. The maximum atomic E-state index is 12.5. The van der Waals surface area contributed by atoms with Crippen LogP contribution in [0.15, 0.2) is 23.7 Å². The van der Waals surface area contributed by atoms with E-state index in [1.807, 2.05) is 0 Å². The van der Waals surface area contributed by atoms with Crippen molar-refractivity contribution in [2.75, 3.05) is 0 Å². The largest absolute Gasteiger partial charge is 0.485 e. The summed E-state index contributed by atoms with van der Waals surface area (Å²) in [6.45, 7) is -0.228. The second kappa shape index (κ2) is 5.90. The minimum atomic E-state index is -4.53. The highest BCUT2D eigenvalue weighted by Gasteiger charge is 2.31. The number of nitrogens with zero attached hydrogens (tertiary/aromatic N) is 1. The third-order valence-electron chi connectivity index (χ3n) is 2.43. The third kappa shape index (κ3) is 3.64. The Morgan fingerprint density at radius 1 is 1.48 bits per heavy atom. The Hall–Kier alpha value is -1.80. The van der Waals surface area contributed by atoms with Crippen molar-refractivity contribution in [1.29, 1.82) is 0 Å². The highest BCUT2D eigenvalue weighted by molar-refractivity contribution is 7.12. The second-order valence-electron chi connectivity index (χ2n) is 3.86.